The molecule has 2 aromatic carbocycles. The summed E-state index contributed by atoms with van der Waals surface area (Å²) in [5.41, 5.74) is 1.73. The molecule has 0 spiro atoms. The largest absolute Gasteiger partial charge is 0.489 e. The Bertz CT molecular complexity index is 1420. The second-order valence-corrected chi connectivity index (χ2v) is 10.8. The second-order valence-electron chi connectivity index (χ2n) is 9.30. The zero-order chi connectivity index (χ0) is 28.2. The molecule has 0 bridgehead atoms. The first kappa shape index (κ1) is 28.9. The molecule has 2 unspecified atom stereocenters. The van der Waals surface area contributed by atoms with E-state index in [4.69, 9.17) is 18.9 Å². The molecule has 0 radical (unpaired) electrons. The van der Waals surface area contributed by atoms with Gasteiger partial charge in [-0.3, -0.25) is 4.55 Å². The molecule has 1 N–H and O–H groups in total. The lowest BCUT2D eigenvalue weighted by molar-refractivity contribution is -0.145. The predicted molar refractivity (Wildman–Crippen MR) is 143 cm³/mol. The van der Waals surface area contributed by atoms with Gasteiger partial charge in [0.2, 0.25) is 0 Å². The van der Waals surface area contributed by atoms with Crippen molar-refractivity contribution in [3.8, 4) is 11.5 Å². The number of fused-ring (bicyclic) bond motifs is 2. The average molecular weight is 545 g/mol. The number of ether oxygens (including phenoxy) is 4. The summed E-state index contributed by atoms with van der Waals surface area (Å²) < 4.78 is 56.6. The lowest BCUT2D eigenvalue weighted by Gasteiger charge is -2.26. The van der Waals surface area contributed by atoms with Crippen molar-refractivity contribution >= 4 is 32.8 Å². The van der Waals surface area contributed by atoms with Crippen LogP contribution in [0.5, 0.6) is 11.5 Å². The van der Waals surface area contributed by atoms with Gasteiger partial charge in [0, 0.05) is 39.5 Å². The third kappa shape index (κ3) is 6.81. The van der Waals surface area contributed by atoms with E-state index in [2.05, 4.69) is 13.2 Å². The first-order chi connectivity index (χ1) is 17.8. The van der Waals surface area contributed by atoms with Crippen LogP contribution in [0.4, 0.5) is 0 Å². The molecule has 10 heteroatoms. The van der Waals surface area contributed by atoms with Gasteiger partial charge in [0.1, 0.15) is 36.9 Å². The van der Waals surface area contributed by atoms with E-state index in [0.717, 1.165) is 0 Å². The topological polar surface area (TPSA) is 125 Å². The van der Waals surface area contributed by atoms with Crippen LogP contribution < -0.4 is 9.47 Å². The highest BCUT2D eigenvalue weighted by molar-refractivity contribution is 7.89. The quantitative estimate of drug-likeness (QED) is 0.247. The summed E-state index contributed by atoms with van der Waals surface area (Å²) in [7, 11) is -4.44. The van der Waals surface area contributed by atoms with Crippen LogP contribution in [0.2, 0.25) is 0 Å². The molecule has 2 atom stereocenters. The van der Waals surface area contributed by atoms with E-state index in [1.807, 2.05) is 12.1 Å². The van der Waals surface area contributed by atoms with Crippen LogP contribution in [0, 0.1) is 0 Å². The van der Waals surface area contributed by atoms with Crippen LogP contribution in [0.15, 0.2) is 59.6 Å². The maximum absolute atomic E-state index is 12.0. The minimum atomic E-state index is -4.44. The Kier molecular flexibility index (Phi) is 9.01. The number of esters is 2. The third-order valence-electron chi connectivity index (χ3n) is 5.78. The van der Waals surface area contributed by atoms with Gasteiger partial charge in [-0.2, -0.15) is 8.42 Å². The molecule has 0 saturated carbocycles. The molecule has 0 saturated heterocycles. The summed E-state index contributed by atoms with van der Waals surface area (Å²) in [6.45, 7) is 13.6. The molecule has 0 fully saturated rings. The molecule has 9 nitrogen and oxygen atoms in total. The normalized spacial score (nSPS) is 14.5. The summed E-state index contributed by atoms with van der Waals surface area (Å²) in [5.74, 6) is -0.181. The van der Waals surface area contributed by atoms with Gasteiger partial charge in [-0.25, -0.2) is 9.59 Å². The monoisotopic (exact) mass is 544 g/mol. The van der Waals surface area contributed by atoms with Crippen molar-refractivity contribution in [3.63, 3.8) is 0 Å². The fourth-order valence-corrected chi connectivity index (χ4v) is 4.53. The molecule has 38 heavy (non-hydrogen) atoms. The fraction of sp³-hybridized carbons (Fsp3) is 0.357. The van der Waals surface area contributed by atoms with E-state index in [1.54, 1.807) is 39.8 Å². The van der Waals surface area contributed by atoms with Gasteiger partial charge in [-0.15, -0.1) is 0 Å². The Balaban J connectivity index is 2.02. The molecular formula is C28H32O9S. The molecule has 0 aliphatic heterocycles. The number of carbonyl (C=O) groups is 2. The number of rotatable bonds is 11. The van der Waals surface area contributed by atoms with Crippen molar-refractivity contribution in [2.24, 2.45) is 0 Å². The van der Waals surface area contributed by atoms with E-state index in [0.29, 0.717) is 33.4 Å². The highest BCUT2D eigenvalue weighted by atomic mass is 32.2. The molecule has 2 aromatic rings. The van der Waals surface area contributed by atoms with Crippen LogP contribution in [0.1, 0.15) is 38.8 Å². The standard InChI is InChI=1S/C28H32O9S/c1-16(2)27(29)36-18(5)14-34-25-21-9-7-8-10-22(21)26(35-15-19(6)37-28(30)17(3)4)24-13-20(38(31,32)33)11-12-23(24)25/h7-11,18-19H,1,3,12-15H2,2,4-6H3,(H,31,32,33). The lowest BCUT2D eigenvalue weighted by atomic mass is 9.90. The Hall–Kier alpha value is -3.63. The fourth-order valence-electron chi connectivity index (χ4n) is 3.91. The Labute approximate surface area is 222 Å². The van der Waals surface area contributed by atoms with Crippen molar-refractivity contribution < 1.29 is 41.5 Å². The van der Waals surface area contributed by atoms with Crippen molar-refractivity contribution in [2.75, 3.05) is 13.2 Å². The first-order valence-corrected chi connectivity index (χ1v) is 13.4. The maximum atomic E-state index is 12.0. The summed E-state index contributed by atoms with van der Waals surface area (Å²) in [6.07, 6.45) is 0.269. The van der Waals surface area contributed by atoms with Crippen molar-refractivity contribution in [3.05, 3.63) is 70.7 Å². The van der Waals surface area contributed by atoms with Gasteiger partial charge < -0.3 is 18.9 Å². The number of hydrogen-bond donors (Lipinski definition) is 1. The summed E-state index contributed by atoms with van der Waals surface area (Å²) in [6, 6.07) is 7.28. The SMILES string of the molecule is C=C(C)C(=O)OC(C)COc1c2c(c(OCC(C)OC(=O)C(=C)C)c3ccccc13)CC(S(=O)(=O)O)=CC2. The first-order valence-electron chi connectivity index (χ1n) is 12.0. The van der Waals surface area contributed by atoms with Crippen molar-refractivity contribution in [1.29, 1.82) is 0 Å². The molecule has 0 amide bonds. The van der Waals surface area contributed by atoms with Gasteiger partial charge >= 0.3 is 11.9 Å². The van der Waals surface area contributed by atoms with Crippen LogP contribution in [0.25, 0.3) is 10.8 Å². The smallest absolute Gasteiger partial charge is 0.333 e. The lowest BCUT2D eigenvalue weighted by Crippen LogP contribution is -2.24. The summed E-state index contributed by atoms with van der Waals surface area (Å²) >= 11 is 0. The van der Waals surface area contributed by atoms with Crippen molar-refractivity contribution in [1.82, 2.24) is 0 Å². The predicted octanol–water partition coefficient (Wildman–Crippen LogP) is 4.48. The van der Waals surface area contributed by atoms with Gasteiger partial charge in [0.05, 0.1) is 4.91 Å². The van der Waals surface area contributed by atoms with Gasteiger partial charge in [-0.05, 0) is 34.1 Å². The minimum absolute atomic E-state index is 0.00549. The molecule has 0 heterocycles. The van der Waals surface area contributed by atoms with Crippen LogP contribution in [-0.4, -0.2) is 50.3 Å². The Morgan fingerprint density at radius 1 is 0.895 bits per heavy atom. The summed E-state index contributed by atoms with van der Waals surface area (Å²) in [4.78, 5) is 23.7. The number of benzene rings is 2. The zero-order valence-corrected chi connectivity index (χ0v) is 22.7. The van der Waals surface area contributed by atoms with E-state index in [-0.39, 0.29) is 42.1 Å². The molecular weight excluding hydrogens is 512 g/mol. The van der Waals surface area contributed by atoms with Gasteiger partial charge in [0.25, 0.3) is 10.1 Å². The van der Waals surface area contributed by atoms with Gasteiger partial charge in [-0.1, -0.05) is 43.5 Å². The highest BCUT2D eigenvalue weighted by Crippen LogP contribution is 2.44. The molecule has 3 rings (SSSR count). The molecule has 0 aromatic heterocycles. The molecule has 204 valence electrons. The van der Waals surface area contributed by atoms with Crippen molar-refractivity contribution in [2.45, 2.75) is 52.7 Å². The second kappa shape index (κ2) is 11.8. The zero-order valence-electron chi connectivity index (χ0n) is 21.9. The van der Waals surface area contributed by atoms with E-state index in [1.165, 1.54) is 6.08 Å². The van der Waals surface area contributed by atoms with Gasteiger partial charge in [0.15, 0.2) is 0 Å². The van der Waals surface area contributed by atoms with Crippen LogP contribution >= 0.6 is 0 Å². The minimum Gasteiger partial charge on any atom is -0.489 e. The molecule has 1 aliphatic rings. The third-order valence-corrected chi connectivity index (χ3v) is 6.76. The average Bonchev–Trinajstić information content (AvgIpc) is 2.84. The number of allylic oxidation sites excluding steroid dienone is 2. The molecule has 1 aliphatic carbocycles. The maximum Gasteiger partial charge on any atom is 0.333 e. The Morgan fingerprint density at radius 2 is 1.34 bits per heavy atom. The highest BCUT2D eigenvalue weighted by Gasteiger charge is 2.29. The van der Waals surface area contributed by atoms with Crippen LogP contribution in [0.3, 0.4) is 0 Å². The Morgan fingerprint density at radius 3 is 1.76 bits per heavy atom. The number of carbonyl (C=O) groups excluding carboxylic acids is 2. The number of hydrogen-bond acceptors (Lipinski definition) is 8. The van der Waals surface area contributed by atoms with E-state index >= 15 is 0 Å². The van der Waals surface area contributed by atoms with E-state index in [9.17, 15) is 22.6 Å². The van der Waals surface area contributed by atoms with Crippen LogP contribution in [-0.2, 0) is 42.0 Å². The summed E-state index contributed by atoms with van der Waals surface area (Å²) in [5, 5.41) is 1.35. The van der Waals surface area contributed by atoms with E-state index < -0.39 is 34.3 Å².